The number of hydrogen-bond donors (Lipinski definition) is 0. The van der Waals surface area contributed by atoms with Crippen LogP contribution in [0.5, 0.6) is 11.5 Å². The predicted octanol–water partition coefficient (Wildman–Crippen LogP) is 3.31. The maximum atomic E-state index is 13.1. The highest BCUT2D eigenvalue weighted by molar-refractivity contribution is 5.79. The lowest BCUT2D eigenvalue weighted by atomic mass is 10.0. The third kappa shape index (κ3) is 3.87. The van der Waals surface area contributed by atoms with Gasteiger partial charge in [0.05, 0.1) is 37.5 Å². The quantitative estimate of drug-likeness (QED) is 0.649. The summed E-state index contributed by atoms with van der Waals surface area (Å²) in [5.41, 5.74) is 1.73. The summed E-state index contributed by atoms with van der Waals surface area (Å²) >= 11 is 0. The Bertz CT molecular complexity index is 1170. The molecule has 0 spiro atoms. The van der Waals surface area contributed by atoms with Crippen molar-refractivity contribution in [2.24, 2.45) is 0 Å². The number of hydrogen-bond acceptors (Lipinski definition) is 5. The number of rotatable bonds is 4. The molecule has 3 heterocycles. The van der Waals surface area contributed by atoms with Crippen LogP contribution in [-0.4, -0.2) is 40.3 Å². The van der Waals surface area contributed by atoms with E-state index in [2.05, 4.69) is 5.10 Å². The molecule has 1 aromatic heterocycles. The van der Waals surface area contributed by atoms with E-state index in [4.69, 9.17) is 9.47 Å². The maximum absolute atomic E-state index is 13.1. The Morgan fingerprint density at radius 1 is 1.06 bits per heavy atom. The number of ether oxygens (including phenoxy) is 2. The molecule has 5 rings (SSSR count). The lowest BCUT2D eigenvalue weighted by molar-refractivity contribution is -0.132. The molecule has 1 fully saturated rings. The average molecular weight is 419 g/mol. The van der Waals surface area contributed by atoms with E-state index in [0.717, 1.165) is 48.4 Å². The number of carbonyl (C=O) groups is 1. The molecular formula is C24H25N3O4. The van der Waals surface area contributed by atoms with Crippen molar-refractivity contribution < 1.29 is 14.3 Å². The third-order valence-corrected chi connectivity index (χ3v) is 6.03. The summed E-state index contributed by atoms with van der Waals surface area (Å²) in [5, 5.41) is 4.86. The van der Waals surface area contributed by atoms with E-state index in [1.165, 1.54) is 6.20 Å². The summed E-state index contributed by atoms with van der Waals surface area (Å²) in [6.45, 7) is 2.48. The first-order valence-electron chi connectivity index (χ1n) is 10.8. The minimum Gasteiger partial charge on any atom is -0.490 e. The zero-order valence-corrected chi connectivity index (χ0v) is 17.3. The number of aromatic nitrogens is 2. The Balaban J connectivity index is 1.32. The second kappa shape index (κ2) is 8.41. The van der Waals surface area contributed by atoms with Crippen molar-refractivity contribution in [2.45, 2.75) is 38.3 Å². The normalized spacial score (nSPS) is 18.2. The van der Waals surface area contributed by atoms with Crippen molar-refractivity contribution in [3.63, 3.8) is 0 Å². The molecule has 0 N–H and O–H groups in total. The van der Waals surface area contributed by atoms with Crippen LogP contribution in [0.4, 0.5) is 0 Å². The molecule has 7 nitrogen and oxygen atoms in total. The van der Waals surface area contributed by atoms with Gasteiger partial charge in [0.2, 0.25) is 11.3 Å². The Kier molecular flexibility index (Phi) is 5.32. The highest BCUT2D eigenvalue weighted by atomic mass is 16.5. The second-order valence-corrected chi connectivity index (χ2v) is 8.00. The van der Waals surface area contributed by atoms with Crippen LogP contribution in [-0.2, 0) is 11.3 Å². The van der Waals surface area contributed by atoms with Crippen molar-refractivity contribution in [3.8, 4) is 11.5 Å². The van der Waals surface area contributed by atoms with Crippen LogP contribution in [0.15, 0.2) is 53.5 Å². The van der Waals surface area contributed by atoms with Gasteiger partial charge in [0.25, 0.3) is 0 Å². The molecule has 2 aromatic carbocycles. The Morgan fingerprint density at radius 3 is 2.81 bits per heavy atom. The molecule has 31 heavy (non-hydrogen) atoms. The van der Waals surface area contributed by atoms with Crippen LogP contribution >= 0.6 is 0 Å². The van der Waals surface area contributed by atoms with Crippen LogP contribution in [0.25, 0.3) is 10.9 Å². The highest BCUT2D eigenvalue weighted by Crippen LogP contribution is 2.38. The van der Waals surface area contributed by atoms with E-state index in [0.29, 0.717) is 31.6 Å². The fraction of sp³-hybridized carbons (Fsp3) is 0.375. The van der Waals surface area contributed by atoms with E-state index in [-0.39, 0.29) is 17.4 Å². The molecular weight excluding hydrogens is 394 g/mol. The van der Waals surface area contributed by atoms with Crippen molar-refractivity contribution in [1.29, 1.82) is 0 Å². The van der Waals surface area contributed by atoms with Gasteiger partial charge in [-0.1, -0.05) is 18.2 Å². The summed E-state index contributed by atoms with van der Waals surface area (Å²) < 4.78 is 13.3. The van der Waals surface area contributed by atoms with Crippen LogP contribution in [0, 0.1) is 0 Å². The molecule has 3 aromatic rings. The smallest absolute Gasteiger partial charge is 0.224 e. The number of nitrogens with zero attached hydrogens (tertiary/aromatic N) is 3. The monoisotopic (exact) mass is 419 g/mol. The van der Waals surface area contributed by atoms with Gasteiger partial charge in [-0.15, -0.1) is 0 Å². The zero-order valence-electron chi connectivity index (χ0n) is 17.3. The number of fused-ring (bicyclic) bond motifs is 2. The molecule has 0 unspecified atom stereocenters. The minimum absolute atomic E-state index is 0.0448. The molecule has 2 aliphatic heterocycles. The summed E-state index contributed by atoms with van der Waals surface area (Å²) in [7, 11) is 0. The fourth-order valence-electron chi connectivity index (χ4n) is 4.48. The minimum atomic E-state index is -0.104. The first-order chi connectivity index (χ1) is 15.2. The number of likely N-dealkylation sites (tertiary alicyclic amines) is 1. The van der Waals surface area contributed by atoms with Gasteiger partial charge in [0.1, 0.15) is 0 Å². The Hall–Kier alpha value is -3.35. The van der Waals surface area contributed by atoms with Crippen LogP contribution in [0.1, 0.15) is 37.3 Å². The van der Waals surface area contributed by atoms with Gasteiger partial charge in [-0.2, -0.15) is 5.10 Å². The topological polar surface area (TPSA) is 73.7 Å². The molecule has 0 bridgehead atoms. The highest BCUT2D eigenvalue weighted by Gasteiger charge is 2.30. The number of benzene rings is 2. The van der Waals surface area contributed by atoms with Gasteiger partial charge in [-0.25, -0.2) is 0 Å². The average Bonchev–Trinajstić information content (AvgIpc) is 3.17. The second-order valence-electron chi connectivity index (χ2n) is 8.00. The standard InChI is InChI=1S/C24H25N3O4/c28-21-16-25-27(20-6-2-1-5-18(20)21)12-10-24(29)26-11-3-7-19(26)17-8-9-22-23(15-17)31-14-4-13-30-22/h1-2,5-6,8-9,15-16,19H,3-4,7,10-14H2/t19-/m1/s1. The predicted molar refractivity (Wildman–Crippen MR) is 116 cm³/mol. The number of aryl methyl sites for hydroxylation is 1. The molecule has 2 aliphatic rings. The van der Waals surface area contributed by atoms with Gasteiger partial charge in [-0.3, -0.25) is 14.3 Å². The molecule has 160 valence electrons. The number of carbonyl (C=O) groups excluding carboxylic acids is 1. The van der Waals surface area contributed by atoms with Gasteiger partial charge in [0.15, 0.2) is 11.5 Å². The van der Waals surface area contributed by atoms with Crippen molar-refractivity contribution in [3.05, 3.63) is 64.4 Å². The van der Waals surface area contributed by atoms with Gasteiger partial charge in [0, 0.05) is 24.8 Å². The lowest BCUT2D eigenvalue weighted by Crippen LogP contribution is -2.31. The van der Waals surface area contributed by atoms with Gasteiger partial charge >= 0.3 is 0 Å². The van der Waals surface area contributed by atoms with Crippen molar-refractivity contribution in [1.82, 2.24) is 14.7 Å². The van der Waals surface area contributed by atoms with E-state index >= 15 is 0 Å². The molecule has 1 saturated heterocycles. The molecule has 0 saturated carbocycles. The van der Waals surface area contributed by atoms with Crippen LogP contribution in [0.3, 0.4) is 0 Å². The van der Waals surface area contributed by atoms with E-state index in [1.54, 1.807) is 10.7 Å². The molecule has 0 radical (unpaired) electrons. The van der Waals surface area contributed by atoms with Crippen LogP contribution in [0.2, 0.25) is 0 Å². The largest absolute Gasteiger partial charge is 0.490 e. The third-order valence-electron chi connectivity index (χ3n) is 6.03. The molecule has 1 atom stereocenters. The van der Waals surface area contributed by atoms with Crippen LogP contribution < -0.4 is 14.9 Å². The van der Waals surface area contributed by atoms with Crippen molar-refractivity contribution in [2.75, 3.05) is 19.8 Å². The van der Waals surface area contributed by atoms with Gasteiger partial charge < -0.3 is 14.4 Å². The van der Waals surface area contributed by atoms with E-state index in [1.807, 2.05) is 41.3 Å². The van der Waals surface area contributed by atoms with Gasteiger partial charge in [-0.05, 0) is 42.7 Å². The van der Waals surface area contributed by atoms with E-state index < -0.39 is 0 Å². The molecule has 0 aliphatic carbocycles. The Morgan fingerprint density at radius 2 is 1.90 bits per heavy atom. The molecule has 7 heteroatoms. The molecule has 1 amide bonds. The maximum Gasteiger partial charge on any atom is 0.224 e. The zero-order chi connectivity index (χ0) is 21.2. The first-order valence-corrected chi connectivity index (χ1v) is 10.8. The summed E-state index contributed by atoms with van der Waals surface area (Å²) in [5.74, 6) is 1.63. The number of para-hydroxylation sites is 1. The summed E-state index contributed by atoms with van der Waals surface area (Å²) in [6, 6.07) is 13.4. The van der Waals surface area contributed by atoms with E-state index in [9.17, 15) is 9.59 Å². The summed E-state index contributed by atoms with van der Waals surface area (Å²) in [6.07, 6.45) is 4.44. The SMILES string of the molecule is O=C(CCn1ncc(=O)c2ccccc21)N1CCC[C@@H]1c1ccc2c(c1)OCCCO2. The summed E-state index contributed by atoms with van der Waals surface area (Å²) in [4.78, 5) is 27.1. The number of amides is 1. The first kappa shape index (κ1) is 19.6. The lowest BCUT2D eigenvalue weighted by Gasteiger charge is -2.26. The van der Waals surface area contributed by atoms with Crippen molar-refractivity contribution >= 4 is 16.8 Å². The fourth-order valence-corrected chi connectivity index (χ4v) is 4.48. The Labute approximate surface area is 180 Å².